The van der Waals surface area contributed by atoms with Crippen LogP contribution in [-0.4, -0.2) is 52.5 Å². The number of H-pyrrole nitrogens is 1. The average molecular weight is 458 g/mol. The van der Waals surface area contributed by atoms with Crippen molar-refractivity contribution in [1.29, 1.82) is 0 Å². The molecule has 2 amide bonds. The van der Waals surface area contributed by atoms with Gasteiger partial charge in [-0.3, -0.25) is 9.59 Å². The zero-order chi connectivity index (χ0) is 22.0. The van der Waals surface area contributed by atoms with Crippen LogP contribution in [0.3, 0.4) is 0 Å². The number of aromatic amines is 1. The second kappa shape index (κ2) is 9.30. The van der Waals surface area contributed by atoms with E-state index < -0.39 is 0 Å². The minimum atomic E-state index is -0.341. The first kappa shape index (κ1) is 21.7. The van der Waals surface area contributed by atoms with Crippen LogP contribution in [0.25, 0.3) is 10.9 Å². The van der Waals surface area contributed by atoms with Crippen molar-refractivity contribution in [3.63, 3.8) is 0 Å². The standard InChI is InChI=1S/C22H24ClN5O2S/c1-28(2)12-15-11-24-22(31-15)21(30)27-18-6-4-3-5-17(18)26-20(29)19-10-13-9-14(23)7-8-16(13)25-19/h7-11,17,25H,3-6,12H2,1-2H3,(H,26,29)/b27-18+/t17-/m0/s1. The molecule has 9 heteroatoms. The Bertz CT molecular complexity index is 1150. The zero-order valence-corrected chi connectivity index (χ0v) is 19.0. The van der Waals surface area contributed by atoms with Crippen molar-refractivity contribution in [2.75, 3.05) is 14.1 Å². The Kier molecular flexibility index (Phi) is 6.50. The van der Waals surface area contributed by atoms with Gasteiger partial charge in [-0.15, -0.1) is 11.3 Å². The first-order valence-corrected chi connectivity index (χ1v) is 11.4. The van der Waals surface area contributed by atoms with E-state index in [-0.39, 0.29) is 17.9 Å². The third-order valence-corrected chi connectivity index (χ3v) is 6.37. The second-order valence-electron chi connectivity index (χ2n) is 7.96. The minimum absolute atomic E-state index is 0.220. The maximum absolute atomic E-state index is 12.8. The van der Waals surface area contributed by atoms with Crippen LogP contribution in [0.2, 0.25) is 5.02 Å². The molecule has 1 saturated carbocycles. The van der Waals surface area contributed by atoms with Crippen molar-refractivity contribution in [1.82, 2.24) is 20.2 Å². The number of aromatic nitrogens is 2. The summed E-state index contributed by atoms with van der Waals surface area (Å²) in [4.78, 5) is 40.3. The SMILES string of the molecule is CN(C)Cc1cnc(C(=O)/N=C2\CCCC[C@@H]2NC(=O)c2cc3cc(Cl)ccc3[nH]2)s1. The van der Waals surface area contributed by atoms with Crippen LogP contribution >= 0.6 is 22.9 Å². The van der Waals surface area contributed by atoms with Crippen molar-refractivity contribution >= 4 is 51.4 Å². The number of fused-ring (bicyclic) bond motifs is 1. The highest BCUT2D eigenvalue weighted by Crippen LogP contribution is 2.22. The number of thiazole rings is 1. The normalized spacial score (nSPS) is 18.1. The van der Waals surface area contributed by atoms with Crippen LogP contribution < -0.4 is 5.32 Å². The monoisotopic (exact) mass is 457 g/mol. The molecule has 0 saturated heterocycles. The summed E-state index contributed by atoms with van der Waals surface area (Å²) in [6, 6.07) is 6.96. The Morgan fingerprint density at radius 3 is 2.97 bits per heavy atom. The Morgan fingerprint density at radius 1 is 1.32 bits per heavy atom. The third kappa shape index (κ3) is 5.20. The summed E-state index contributed by atoms with van der Waals surface area (Å²) in [6.45, 7) is 0.732. The summed E-state index contributed by atoms with van der Waals surface area (Å²) in [7, 11) is 3.94. The quantitative estimate of drug-likeness (QED) is 0.597. The highest BCUT2D eigenvalue weighted by molar-refractivity contribution is 7.13. The topological polar surface area (TPSA) is 90.4 Å². The Labute approximate surface area is 189 Å². The van der Waals surface area contributed by atoms with E-state index in [2.05, 4.69) is 20.3 Å². The molecule has 3 aromatic rings. The second-order valence-corrected chi connectivity index (χ2v) is 9.52. The van der Waals surface area contributed by atoms with Crippen molar-refractivity contribution in [2.45, 2.75) is 38.3 Å². The van der Waals surface area contributed by atoms with Gasteiger partial charge in [0, 0.05) is 39.3 Å². The molecule has 1 aliphatic rings. The Morgan fingerprint density at radius 2 is 2.16 bits per heavy atom. The summed E-state index contributed by atoms with van der Waals surface area (Å²) < 4.78 is 0. The van der Waals surface area contributed by atoms with E-state index in [0.717, 1.165) is 41.6 Å². The zero-order valence-electron chi connectivity index (χ0n) is 17.4. The lowest BCUT2D eigenvalue weighted by molar-refractivity contribution is 0.0935. The van der Waals surface area contributed by atoms with E-state index in [1.54, 1.807) is 18.3 Å². The number of benzene rings is 1. The van der Waals surface area contributed by atoms with Gasteiger partial charge in [0.05, 0.1) is 6.04 Å². The van der Waals surface area contributed by atoms with Gasteiger partial charge in [-0.25, -0.2) is 9.98 Å². The highest BCUT2D eigenvalue weighted by atomic mass is 35.5. The molecule has 0 aliphatic heterocycles. The van der Waals surface area contributed by atoms with Gasteiger partial charge in [-0.2, -0.15) is 0 Å². The van der Waals surface area contributed by atoms with E-state index in [4.69, 9.17) is 11.6 Å². The molecular weight excluding hydrogens is 434 g/mol. The lowest BCUT2D eigenvalue weighted by Gasteiger charge is -2.24. The van der Waals surface area contributed by atoms with Gasteiger partial charge in [0.1, 0.15) is 5.69 Å². The number of nitrogens with one attached hydrogen (secondary N) is 2. The van der Waals surface area contributed by atoms with Crippen LogP contribution in [-0.2, 0) is 6.54 Å². The maximum atomic E-state index is 12.8. The van der Waals surface area contributed by atoms with Gasteiger partial charge in [0.25, 0.3) is 5.91 Å². The summed E-state index contributed by atoms with van der Waals surface area (Å²) in [6.07, 6.45) is 5.10. The molecule has 1 aromatic carbocycles. The van der Waals surface area contributed by atoms with Crippen LogP contribution in [0.15, 0.2) is 35.5 Å². The van der Waals surface area contributed by atoms with Crippen molar-refractivity contribution in [2.24, 2.45) is 4.99 Å². The molecule has 2 aromatic heterocycles. The van der Waals surface area contributed by atoms with Crippen molar-refractivity contribution in [3.8, 4) is 0 Å². The van der Waals surface area contributed by atoms with E-state index in [9.17, 15) is 9.59 Å². The van der Waals surface area contributed by atoms with Gasteiger partial charge in [0.2, 0.25) is 0 Å². The number of hydrogen-bond acceptors (Lipinski definition) is 5. The van der Waals surface area contributed by atoms with E-state index in [0.29, 0.717) is 27.9 Å². The molecule has 7 nitrogen and oxygen atoms in total. The van der Waals surface area contributed by atoms with E-state index in [1.807, 2.05) is 31.1 Å². The third-order valence-electron chi connectivity index (χ3n) is 5.16. The number of nitrogens with zero attached hydrogens (tertiary/aromatic N) is 3. The summed E-state index contributed by atoms with van der Waals surface area (Å²) in [5, 5.41) is 4.92. The molecule has 1 aliphatic carbocycles. The molecule has 1 atom stereocenters. The Balaban J connectivity index is 1.49. The fraction of sp³-hybridized carbons (Fsp3) is 0.364. The van der Waals surface area contributed by atoms with E-state index >= 15 is 0 Å². The van der Waals surface area contributed by atoms with Crippen molar-refractivity contribution < 1.29 is 9.59 Å². The highest BCUT2D eigenvalue weighted by Gasteiger charge is 2.25. The van der Waals surface area contributed by atoms with Gasteiger partial charge in [0.15, 0.2) is 5.01 Å². The average Bonchev–Trinajstić information content (AvgIpc) is 3.35. The van der Waals surface area contributed by atoms with Crippen LogP contribution in [0.5, 0.6) is 0 Å². The molecule has 31 heavy (non-hydrogen) atoms. The summed E-state index contributed by atoms with van der Waals surface area (Å²) in [5.41, 5.74) is 2.02. The first-order valence-electron chi connectivity index (χ1n) is 10.2. The van der Waals surface area contributed by atoms with Gasteiger partial charge >= 0.3 is 5.91 Å². The molecule has 1 fully saturated rings. The maximum Gasteiger partial charge on any atom is 0.305 e. The number of carbonyl (C=O) groups excluding carboxylic acids is 2. The molecule has 4 rings (SSSR count). The number of aliphatic imine (C=N–C) groups is 1. The smallest absolute Gasteiger partial charge is 0.305 e. The first-order chi connectivity index (χ1) is 14.9. The van der Waals surface area contributed by atoms with Crippen LogP contribution in [0.4, 0.5) is 0 Å². The lowest BCUT2D eigenvalue weighted by atomic mass is 9.93. The predicted molar refractivity (Wildman–Crippen MR) is 124 cm³/mol. The summed E-state index contributed by atoms with van der Waals surface area (Å²) in [5.74, 6) is -0.562. The molecular formula is C22H24ClN5O2S. The number of rotatable bonds is 5. The number of carbonyl (C=O) groups is 2. The minimum Gasteiger partial charge on any atom is -0.351 e. The van der Waals surface area contributed by atoms with Crippen LogP contribution in [0.1, 0.15) is 50.9 Å². The van der Waals surface area contributed by atoms with Gasteiger partial charge in [-0.1, -0.05) is 18.0 Å². The molecule has 0 unspecified atom stereocenters. The van der Waals surface area contributed by atoms with Gasteiger partial charge in [-0.05, 0) is 57.6 Å². The van der Waals surface area contributed by atoms with Crippen LogP contribution in [0, 0.1) is 0 Å². The van der Waals surface area contributed by atoms with E-state index in [1.165, 1.54) is 11.3 Å². The molecule has 0 radical (unpaired) electrons. The number of halogens is 1. The molecule has 2 N–H and O–H groups in total. The number of hydrogen-bond donors (Lipinski definition) is 2. The fourth-order valence-corrected chi connectivity index (χ4v) is 4.81. The largest absolute Gasteiger partial charge is 0.351 e. The summed E-state index contributed by atoms with van der Waals surface area (Å²) >= 11 is 7.40. The Hall–Kier alpha value is -2.55. The lowest BCUT2D eigenvalue weighted by Crippen LogP contribution is -2.43. The molecule has 0 spiro atoms. The molecule has 162 valence electrons. The fourth-order valence-electron chi connectivity index (χ4n) is 3.72. The van der Waals surface area contributed by atoms with Crippen molar-refractivity contribution in [3.05, 3.63) is 51.1 Å². The molecule has 2 heterocycles. The van der Waals surface area contributed by atoms with Gasteiger partial charge < -0.3 is 15.2 Å². The molecule has 0 bridgehead atoms. The number of amides is 2. The predicted octanol–water partition coefficient (Wildman–Crippen LogP) is 4.29.